The lowest BCUT2D eigenvalue weighted by Gasteiger charge is -2.37. The third kappa shape index (κ3) is 3.29. The van der Waals surface area contributed by atoms with E-state index in [1.807, 2.05) is 56.3 Å². The van der Waals surface area contributed by atoms with E-state index in [-0.39, 0.29) is 41.4 Å². The maximum absolute atomic E-state index is 13.7. The number of amides is 3. The van der Waals surface area contributed by atoms with Crippen LogP contribution in [0.25, 0.3) is 0 Å². The highest BCUT2D eigenvalue weighted by Crippen LogP contribution is 2.65. The van der Waals surface area contributed by atoms with E-state index in [9.17, 15) is 14.4 Å². The minimum atomic E-state index is -0.882. The fourth-order valence-corrected chi connectivity index (χ4v) is 7.02. The van der Waals surface area contributed by atoms with Crippen molar-refractivity contribution in [3.8, 4) is 0 Å². The zero-order valence-corrected chi connectivity index (χ0v) is 20.8. The van der Waals surface area contributed by atoms with Gasteiger partial charge in [0, 0.05) is 16.6 Å². The molecule has 2 aromatic rings. The molecular formula is C28H27BrN2O3. The minimum Gasteiger partial charge on any atom is -0.324 e. The molecule has 7 rings (SSSR count). The van der Waals surface area contributed by atoms with E-state index >= 15 is 0 Å². The summed E-state index contributed by atoms with van der Waals surface area (Å²) in [5.41, 5.74) is 3.54. The fraction of sp³-hybridized carbons (Fsp3) is 0.393. The van der Waals surface area contributed by atoms with Crippen LogP contribution in [0.5, 0.6) is 0 Å². The van der Waals surface area contributed by atoms with Crippen molar-refractivity contribution < 1.29 is 14.4 Å². The van der Waals surface area contributed by atoms with Gasteiger partial charge in [0.15, 0.2) is 0 Å². The lowest BCUT2D eigenvalue weighted by molar-refractivity contribution is -0.146. The highest BCUT2D eigenvalue weighted by atomic mass is 79.9. The summed E-state index contributed by atoms with van der Waals surface area (Å²) >= 11 is 3.53. The molecule has 1 saturated heterocycles. The van der Waals surface area contributed by atoms with Gasteiger partial charge in [-0.3, -0.25) is 19.3 Å². The van der Waals surface area contributed by atoms with E-state index < -0.39 is 6.04 Å². The molecule has 1 heterocycles. The number of halogens is 1. The molecule has 0 unspecified atom stereocenters. The van der Waals surface area contributed by atoms with Gasteiger partial charge in [-0.25, -0.2) is 0 Å². The van der Waals surface area contributed by atoms with Crippen molar-refractivity contribution in [3.05, 3.63) is 75.8 Å². The van der Waals surface area contributed by atoms with E-state index in [1.54, 1.807) is 0 Å². The quantitative estimate of drug-likeness (QED) is 0.462. The number of rotatable bonds is 5. The van der Waals surface area contributed by atoms with Crippen LogP contribution in [0.15, 0.2) is 59.1 Å². The first-order valence-electron chi connectivity index (χ1n) is 12.0. The Kier molecular flexibility index (Phi) is 5.07. The molecule has 6 heteroatoms. The number of hydrogen-bond donors (Lipinski definition) is 1. The van der Waals surface area contributed by atoms with E-state index in [0.29, 0.717) is 23.9 Å². The molecule has 1 aliphatic heterocycles. The number of benzene rings is 2. The van der Waals surface area contributed by atoms with Crippen LogP contribution >= 0.6 is 15.9 Å². The maximum Gasteiger partial charge on any atom is 0.248 e. The highest BCUT2D eigenvalue weighted by Gasteiger charge is 2.67. The van der Waals surface area contributed by atoms with Gasteiger partial charge in [-0.05, 0) is 72.8 Å². The topological polar surface area (TPSA) is 66.5 Å². The molecule has 0 spiro atoms. The normalized spacial score (nSPS) is 31.3. The molecule has 5 nitrogen and oxygen atoms in total. The molecule has 2 bridgehead atoms. The van der Waals surface area contributed by atoms with Crippen molar-refractivity contribution in [2.45, 2.75) is 32.7 Å². The summed E-state index contributed by atoms with van der Waals surface area (Å²) in [4.78, 5) is 42.5. The third-order valence-electron chi connectivity index (χ3n) is 8.35. The summed E-state index contributed by atoms with van der Waals surface area (Å²) in [6, 6.07) is 12.6. The number of anilines is 1. The maximum atomic E-state index is 13.7. The molecule has 0 radical (unpaired) electrons. The van der Waals surface area contributed by atoms with Crippen molar-refractivity contribution in [2.75, 3.05) is 5.32 Å². The number of nitrogens with zero attached hydrogens (tertiary/aromatic N) is 1. The number of nitrogens with one attached hydrogen (secondary N) is 1. The average molecular weight is 519 g/mol. The number of hydrogen-bond acceptors (Lipinski definition) is 3. The van der Waals surface area contributed by atoms with E-state index in [0.717, 1.165) is 27.6 Å². The third-order valence-corrected chi connectivity index (χ3v) is 9.20. The smallest absolute Gasteiger partial charge is 0.248 e. The Balaban J connectivity index is 1.34. The van der Waals surface area contributed by atoms with E-state index in [1.165, 1.54) is 4.90 Å². The van der Waals surface area contributed by atoms with Crippen LogP contribution in [0.1, 0.15) is 23.1 Å². The Morgan fingerprint density at radius 1 is 1.00 bits per heavy atom. The summed E-state index contributed by atoms with van der Waals surface area (Å²) in [5.74, 6) is 0.0587. The Labute approximate surface area is 207 Å². The van der Waals surface area contributed by atoms with Crippen LogP contribution in [-0.2, 0) is 20.8 Å². The first kappa shape index (κ1) is 21.8. The highest BCUT2D eigenvalue weighted by molar-refractivity contribution is 9.10. The monoisotopic (exact) mass is 518 g/mol. The minimum absolute atomic E-state index is 0.137. The molecule has 0 aromatic heterocycles. The molecule has 4 aliphatic carbocycles. The van der Waals surface area contributed by atoms with Crippen molar-refractivity contribution in [3.63, 3.8) is 0 Å². The predicted molar refractivity (Wildman–Crippen MR) is 133 cm³/mol. The summed E-state index contributed by atoms with van der Waals surface area (Å²) in [6.45, 7) is 3.90. The summed E-state index contributed by atoms with van der Waals surface area (Å²) < 4.78 is 0.972. The second-order valence-electron chi connectivity index (χ2n) is 10.3. The van der Waals surface area contributed by atoms with E-state index in [4.69, 9.17) is 0 Å². The summed E-state index contributed by atoms with van der Waals surface area (Å²) in [7, 11) is 0. The van der Waals surface area contributed by atoms with E-state index in [2.05, 4.69) is 33.4 Å². The fourth-order valence-electron chi connectivity index (χ4n) is 6.56. The summed E-state index contributed by atoms with van der Waals surface area (Å²) in [5, 5.41) is 3.03. The molecule has 5 aliphatic rings. The van der Waals surface area contributed by atoms with Crippen LogP contribution in [-0.4, -0.2) is 28.7 Å². The lowest BCUT2D eigenvalue weighted by atomic mass is 9.63. The molecule has 1 N–H and O–H groups in total. The molecule has 2 saturated carbocycles. The number of imide groups is 1. The number of aryl methyl sites for hydroxylation is 2. The molecule has 2 aromatic carbocycles. The van der Waals surface area contributed by atoms with Gasteiger partial charge in [-0.2, -0.15) is 0 Å². The molecule has 3 amide bonds. The Morgan fingerprint density at radius 2 is 1.62 bits per heavy atom. The van der Waals surface area contributed by atoms with Gasteiger partial charge in [-0.1, -0.05) is 58.4 Å². The van der Waals surface area contributed by atoms with Crippen LogP contribution in [0.2, 0.25) is 0 Å². The van der Waals surface area contributed by atoms with Crippen LogP contribution < -0.4 is 5.32 Å². The number of allylic oxidation sites excluding steroid dienone is 2. The van der Waals surface area contributed by atoms with Gasteiger partial charge in [-0.15, -0.1) is 0 Å². The van der Waals surface area contributed by atoms with Gasteiger partial charge in [0.2, 0.25) is 17.7 Å². The van der Waals surface area contributed by atoms with Gasteiger partial charge in [0.1, 0.15) is 6.04 Å². The standard InChI is InChI=1S/C28H27BrN2O3/c1-14-11-22(15(2)10-21(14)29)30-26(32)23(12-16-6-4-3-5-7-16)31-27(33)24-17-8-9-18(20-13-19(17)20)25(24)28(31)34/h3-11,17-20,23-25H,12-13H2,1-2H3,(H,30,32)/t17-,18-,19-,20-,23-,24-,25+/m1/s1. The zero-order chi connectivity index (χ0) is 23.7. The molecular weight excluding hydrogens is 492 g/mol. The zero-order valence-electron chi connectivity index (χ0n) is 19.2. The van der Waals surface area contributed by atoms with Crippen LogP contribution in [0.4, 0.5) is 5.69 Å². The molecule has 34 heavy (non-hydrogen) atoms. The van der Waals surface area contributed by atoms with Crippen molar-refractivity contribution in [2.24, 2.45) is 35.5 Å². The molecule has 174 valence electrons. The van der Waals surface area contributed by atoms with Crippen LogP contribution in [0, 0.1) is 49.4 Å². The van der Waals surface area contributed by atoms with Crippen molar-refractivity contribution in [1.29, 1.82) is 0 Å². The van der Waals surface area contributed by atoms with Gasteiger partial charge in [0.05, 0.1) is 11.8 Å². The summed E-state index contributed by atoms with van der Waals surface area (Å²) in [6.07, 6.45) is 5.74. The first-order chi connectivity index (χ1) is 16.3. The molecule has 3 fully saturated rings. The molecule has 7 atom stereocenters. The number of carbonyl (C=O) groups is 3. The lowest BCUT2D eigenvalue weighted by Crippen LogP contribution is -2.49. The van der Waals surface area contributed by atoms with Crippen molar-refractivity contribution in [1.82, 2.24) is 4.90 Å². The SMILES string of the molecule is Cc1cc(NC(=O)[C@@H](Cc2ccccc2)N2C(=O)[C@@H]3[C@@H]4C=C[C@H]([C@H]5C[C@H]45)[C@@H]3C2=O)c(C)cc1Br. The Hall–Kier alpha value is -2.73. The van der Waals surface area contributed by atoms with Gasteiger partial charge in [0.25, 0.3) is 0 Å². The largest absolute Gasteiger partial charge is 0.324 e. The van der Waals surface area contributed by atoms with Crippen molar-refractivity contribution >= 4 is 39.3 Å². The second kappa shape index (κ2) is 7.91. The average Bonchev–Trinajstić information content (AvgIpc) is 3.60. The van der Waals surface area contributed by atoms with Crippen LogP contribution in [0.3, 0.4) is 0 Å². The number of likely N-dealkylation sites (tertiary alicyclic amines) is 1. The first-order valence-corrected chi connectivity index (χ1v) is 12.8. The Morgan fingerprint density at radius 3 is 2.24 bits per heavy atom. The van der Waals surface area contributed by atoms with Gasteiger partial charge < -0.3 is 5.32 Å². The number of carbonyl (C=O) groups excluding carboxylic acids is 3. The predicted octanol–water partition coefficient (Wildman–Crippen LogP) is 4.67. The second-order valence-corrected chi connectivity index (χ2v) is 11.2. The Bertz CT molecular complexity index is 1200. The van der Waals surface area contributed by atoms with Gasteiger partial charge >= 0.3 is 0 Å².